The first-order valence-corrected chi connectivity index (χ1v) is 8.53. The molecule has 1 saturated carbocycles. The van der Waals surface area contributed by atoms with E-state index in [2.05, 4.69) is 4.72 Å². The standard InChI is InChI=1S/C14H22N2O4S/c1-20-14-7-6-11(8-12(14)15)21(18,19)16-9-10-4-2-3-5-13(10)17/h6-8,10,13,16-17H,2-5,9,15H2,1H3. The molecule has 1 aromatic rings. The molecule has 1 fully saturated rings. The maximum Gasteiger partial charge on any atom is 0.240 e. The van der Waals surface area contributed by atoms with Gasteiger partial charge >= 0.3 is 0 Å². The van der Waals surface area contributed by atoms with Gasteiger partial charge in [-0.05, 0) is 37.0 Å². The zero-order valence-corrected chi connectivity index (χ0v) is 12.9. The monoisotopic (exact) mass is 314 g/mol. The molecule has 0 radical (unpaired) electrons. The van der Waals surface area contributed by atoms with Gasteiger partial charge in [0, 0.05) is 6.54 Å². The van der Waals surface area contributed by atoms with Gasteiger partial charge in [-0.25, -0.2) is 13.1 Å². The Hall–Kier alpha value is -1.31. The summed E-state index contributed by atoms with van der Waals surface area (Å²) < 4.78 is 32.1. The van der Waals surface area contributed by atoms with Crippen molar-refractivity contribution in [1.82, 2.24) is 4.72 Å². The molecule has 0 aliphatic heterocycles. The maximum absolute atomic E-state index is 12.2. The lowest BCUT2D eigenvalue weighted by atomic mass is 9.87. The fraction of sp³-hybridized carbons (Fsp3) is 0.571. The van der Waals surface area contributed by atoms with Crippen LogP contribution in [0.5, 0.6) is 5.75 Å². The molecule has 0 heterocycles. The molecule has 1 aliphatic rings. The van der Waals surface area contributed by atoms with Crippen LogP contribution in [-0.2, 0) is 10.0 Å². The Labute approximate surface area is 125 Å². The van der Waals surface area contributed by atoms with Gasteiger partial charge in [0.25, 0.3) is 0 Å². The lowest BCUT2D eigenvalue weighted by molar-refractivity contribution is 0.0724. The minimum Gasteiger partial charge on any atom is -0.495 e. The van der Waals surface area contributed by atoms with Crippen molar-refractivity contribution in [2.24, 2.45) is 5.92 Å². The van der Waals surface area contributed by atoms with E-state index in [1.54, 1.807) is 0 Å². The summed E-state index contributed by atoms with van der Waals surface area (Å²) in [5, 5.41) is 9.88. The Morgan fingerprint density at radius 1 is 1.38 bits per heavy atom. The summed E-state index contributed by atoms with van der Waals surface area (Å²) in [6, 6.07) is 4.35. The molecule has 2 unspecified atom stereocenters. The molecule has 6 nitrogen and oxygen atoms in total. The van der Waals surface area contributed by atoms with Crippen molar-refractivity contribution in [2.45, 2.75) is 36.7 Å². The number of aliphatic hydroxyl groups is 1. The third-order valence-corrected chi connectivity index (χ3v) is 5.34. The van der Waals surface area contributed by atoms with Crippen LogP contribution in [0.1, 0.15) is 25.7 Å². The number of nitrogens with one attached hydrogen (secondary N) is 1. The van der Waals surface area contributed by atoms with Crippen LogP contribution in [-0.4, -0.2) is 33.3 Å². The summed E-state index contributed by atoms with van der Waals surface area (Å²) in [7, 11) is -2.15. The van der Waals surface area contributed by atoms with Crippen LogP contribution in [0.4, 0.5) is 5.69 Å². The van der Waals surface area contributed by atoms with E-state index in [9.17, 15) is 13.5 Å². The molecule has 21 heavy (non-hydrogen) atoms. The summed E-state index contributed by atoms with van der Waals surface area (Å²) in [5.74, 6) is 0.417. The minimum absolute atomic E-state index is 0.0240. The summed E-state index contributed by atoms with van der Waals surface area (Å²) >= 11 is 0. The number of aliphatic hydroxyl groups excluding tert-OH is 1. The van der Waals surface area contributed by atoms with Crippen molar-refractivity contribution in [3.63, 3.8) is 0 Å². The highest BCUT2D eigenvalue weighted by atomic mass is 32.2. The van der Waals surface area contributed by atoms with Crippen molar-refractivity contribution in [3.8, 4) is 5.75 Å². The number of ether oxygens (including phenoxy) is 1. The molecule has 4 N–H and O–H groups in total. The maximum atomic E-state index is 12.2. The van der Waals surface area contributed by atoms with E-state index in [0.717, 1.165) is 25.7 Å². The fourth-order valence-corrected chi connectivity index (χ4v) is 3.74. The molecule has 1 aromatic carbocycles. The van der Waals surface area contributed by atoms with Crippen molar-refractivity contribution < 1.29 is 18.3 Å². The number of benzene rings is 1. The molecule has 0 amide bonds. The van der Waals surface area contributed by atoms with Crippen molar-refractivity contribution in [2.75, 3.05) is 19.4 Å². The molecule has 0 spiro atoms. The number of nitrogens with two attached hydrogens (primary N) is 1. The molecule has 0 bridgehead atoms. The van der Waals surface area contributed by atoms with Crippen molar-refractivity contribution >= 4 is 15.7 Å². The van der Waals surface area contributed by atoms with Gasteiger partial charge in [0.1, 0.15) is 5.75 Å². The third-order valence-electron chi connectivity index (χ3n) is 3.92. The quantitative estimate of drug-likeness (QED) is 0.707. The van der Waals surface area contributed by atoms with Crippen molar-refractivity contribution in [3.05, 3.63) is 18.2 Å². The van der Waals surface area contributed by atoms with Crippen LogP contribution in [0.3, 0.4) is 0 Å². The van der Waals surface area contributed by atoms with E-state index in [-0.39, 0.29) is 23.0 Å². The zero-order chi connectivity index (χ0) is 15.5. The number of hydrogen-bond acceptors (Lipinski definition) is 5. The highest BCUT2D eigenvalue weighted by molar-refractivity contribution is 7.89. The van der Waals surface area contributed by atoms with E-state index >= 15 is 0 Å². The second-order valence-electron chi connectivity index (χ2n) is 5.37. The number of methoxy groups -OCH3 is 1. The van der Waals surface area contributed by atoms with E-state index in [1.165, 1.54) is 25.3 Å². The molecule has 7 heteroatoms. The Kier molecular flexibility index (Phi) is 5.08. The predicted octanol–water partition coefficient (Wildman–Crippen LogP) is 1.11. The SMILES string of the molecule is COc1ccc(S(=O)(=O)NCC2CCCCC2O)cc1N. The number of anilines is 1. The molecule has 0 aromatic heterocycles. The van der Waals surface area contributed by atoms with Gasteiger partial charge < -0.3 is 15.6 Å². The van der Waals surface area contributed by atoms with E-state index in [4.69, 9.17) is 10.5 Å². The van der Waals surface area contributed by atoms with E-state index < -0.39 is 16.1 Å². The molecular formula is C14H22N2O4S. The summed E-state index contributed by atoms with van der Waals surface area (Å²) in [6.07, 6.45) is 3.18. The van der Waals surface area contributed by atoms with Gasteiger partial charge in [-0.15, -0.1) is 0 Å². The summed E-state index contributed by atoms with van der Waals surface area (Å²) in [5.41, 5.74) is 6.01. The van der Waals surface area contributed by atoms with Gasteiger partial charge in [0.2, 0.25) is 10.0 Å². The van der Waals surface area contributed by atoms with Crippen LogP contribution >= 0.6 is 0 Å². The normalized spacial score (nSPS) is 23.0. The fourth-order valence-electron chi connectivity index (χ4n) is 2.61. The topological polar surface area (TPSA) is 102 Å². The Balaban J connectivity index is 2.06. The van der Waals surface area contributed by atoms with Crippen LogP contribution in [0.15, 0.2) is 23.1 Å². The molecular weight excluding hydrogens is 292 g/mol. The van der Waals surface area contributed by atoms with Crippen LogP contribution in [0.2, 0.25) is 0 Å². The van der Waals surface area contributed by atoms with Crippen LogP contribution in [0, 0.1) is 5.92 Å². The molecule has 0 saturated heterocycles. The predicted molar refractivity (Wildman–Crippen MR) is 80.6 cm³/mol. The average Bonchev–Trinajstić information content (AvgIpc) is 2.46. The van der Waals surface area contributed by atoms with Gasteiger partial charge in [0.05, 0.1) is 23.8 Å². The van der Waals surface area contributed by atoms with Crippen molar-refractivity contribution in [1.29, 1.82) is 0 Å². The lowest BCUT2D eigenvalue weighted by Crippen LogP contribution is -2.36. The second-order valence-corrected chi connectivity index (χ2v) is 7.13. The van der Waals surface area contributed by atoms with E-state index in [1.807, 2.05) is 0 Å². The smallest absolute Gasteiger partial charge is 0.240 e. The Morgan fingerprint density at radius 3 is 2.71 bits per heavy atom. The largest absolute Gasteiger partial charge is 0.495 e. The van der Waals surface area contributed by atoms with Gasteiger partial charge in [0.15, 0.2) is 0 Å². The first-order chi connectivity index (χ1) is 9.94. The Bertz CT molecular complexity index is 589. The first-order valence-electron chi connectivity index (χ1n) is 7.05. The zero-order valence-electron chi connectivity index (χ0n) is 12.1. The minimum atomic E-state index is -3.63. The lowest BCUT2D eigenvalue weighted by Gasteiger charge is -2.27. The summed E-state index contributed by atoms with van der Waals surface area (Å²) in [6.45, 7) is 0.245. The molecule has 2 rings (SSSR count). The van der Waals surface area contributed by atoms with Gasteiger partial charge in [-0.3, -0.25) is 0 Å². The van der Waals surface area contributed by atoms with Gasteiger partial charge in [-0.2, -0.15) is 0 Å². The van der Waals surface area contributed by atoms with Crippen LogP contribution in [0.25, 0.3) is 0 Å². The molecule has 1 aliphatic carbocycles. The average molecular weight is 314 g/mol. The van der Waals surface area contributed by atoms with Crippen LogP contribution < -0.4 is 15.2 Å². The number of rotatable bonds is 5. The third kappa shape index (κ3) is 3.87. The molecule has 2 atom stereocenters. The second kappa shape index (κ2) is 6.64. The highest BCUT2D eigenvalue weighted by Crippen LogP contribution is 2.26. The Morgan fingerprint density at radius 2 is 2.10 bits per heavy atom. The van der Waals surface area contributed by atoms with E-state index in [0.29, 0.717) is 5.75 Å². The first kappa shape index (κ1) is 16.1. The number of sulfonamides is 1. The number of nitrogen functional groups attached to an aromatic ring is 1. The number of hydrogen-bond donors (Lipinski definition) is 3. The highest BCUT2D eigenvalue weighted by Gasteiger charge is 2.25. The summed E-state index contributed by atoms with van der Waals surface area (Å²) in [4.78, 5) is 0.103. The molecule has 118 valence electrons. The van der Waals surface area contributed by atoms with Gasteiger partial charge in [-0.1, -0.05) is 12.8 Å².